The minimum Gasteiger partial charge on any atom is -0.371 e. The first kappa shape index (κ1) is 17.6. The molecule has 3 heteroatoms. The van der Waals surface area contributed by atoms with E-state index in [-0.39, 0.29) is 5.60 Å². The fraction of sp³-hybridized carbons (Fsp3) is 0.478. The van der Waals surface area contributed by atoms with Gasteiger partial charge in [0.05, 0.1) is 5.60 Å². The summed E-state index contributed by atoms with van der Waals surface area (Å²) in [6.45, 7) is 7.22. The van der Waals surface area contributed by atoms with E-state index in [1.165, 1.54) is 23.2 Å². The lowest BCUT2D eigenvalue weighted by atomic mass is 9.84. The highest BCUT2D eigenvalue weighted by Crippen LogP contribution is 2.38. The van der Waals surface area contributed by atoms with Crippen LogP contribution >= 0.6 is 0 Å². The highest BCUT2D eigenvalue weighted by Gasteiger charge is 2.36. The fourth-order valence-electron chi connectivity index (χ4n) is 4.56. The topological polar surface area (TPSA) is 24.5 Å². The van der Waals surface area contributed by atoms with Crippen LogP contribution in [0.1, 0.15) is 43.2 Å². The summed E-state index contributed by atoms with van der Waals surface area (Å²) in [6, 6.07) is 20.0. The molecule has 4 rings (SSSR count). The number of benzene rings is 2. The Morgan fingerprint density at radius 3 is 2.38 bits per heavy atom. The number of nitrogens with zero attached hydrogens (tertiary/aromatic N) is 1. The molecule has 26 heavy (non-hydrogen) atoms. The van der Waals surface area contributed by atoms with Gasteiger partial charge < -0.3 is 15.0 Å². The van der Waals surface area contributed by atoms with E-state index in [1.54, 1.807) is 0 Å². The summed E-state index contributed by atoms with van der Waals surface area (Å²) < 4.78 is 6.29. The van der Waals surface area contributed by atoms with Crippen LogP contribution in [0, 0.1) is 0 Å². The molecule has 1 unspecified atom stereocenters. The van der Waals surface area contributed by atoms with Crippen molar-refractivity contribution >= 4 is 5.69 Å². The van der Waals surface area contributed by atoms with E-state index < -0.39 is 0 Å². The van der Waals surface area contributed by atoms with Crippen LogP contribution in [0.2, 0.25) is 0 Å². The molecular weight excluding hydrogens is 320 g/mol. The third-order valence-electron chi connectivity index (χ3n) is 6.08. The van der Waals surface area contributed by atoms with Crippen LogP contribution in [0.15, 0.2) is 54.6 Å². The van der Waals surface area contributed by atoms with Crippen LogP contribution in [0.5, 0.6) is 0 Å². The first-order valence-corrected chi connectivity index (χ1v) is 10.1. The zero-order valence-electron chi connectivity index (χ0n) is 15.8. The summed E-state index contributed by atoms with van der Waals surface area (Å²) in [7, 11) is 0. The van der Waals surface area contributed by atoms with Gasteiger partial charge in [0.25, 0.3) is 0 Å². The number of anilines is 1. The Bertz CT molecular complexity index is 684. The van der Waals surface area contributed by atoms with E-state index >= 15 is 0 Å². The van der Waals surface area contributed by atoms with Crippen molar-refractivity contribution in [2.24, 2.45) is 0 Å². The Hall–Kier alpha value is -1.84. The van der Waals surface area contributed by atoms with Crippen LogP contribution in [0.3, 0.4) is 0 Å². The second-order valence-corrected chi connectivity index (χ2v) is 7.56. The van der Waals surface area contributed by atoms with E-state index in [0.29, 0.717) is 5.92 Å². The van der Waals surface area contributed by atoms with Gasteiger partial charge in [-0.3, -0.25) is 0 Å². The maximum atomic E-state index is 6.29. The van der Waals surface area contributed by atoms with Crippen molar-refractivity contribution in [1.82, 2.24) is 5.32 Å². The smallest absolute Gasteiger partial charge is 0.0964 e. The lowest BCUT2D eigenvalue weighted by Gasteiger charge is -2.43. The Labute approximate surface area is 157 Å². The lowest BCUT2D eigenvalue weighted by molar-refractivity contribution is -0.0617. The van der Waals surface area contributed by atoms with E-state index in [2.05, 4.69) is 71.7 Å². The van der Waals surface area contributed by atoms with E-state index in [9.17, 15) is 0 Å². The zero-order chi connectivity index (χ0) is 17.8. The van der Waals surface area contributed by atoms with Crippen molar-refractivity contribution in [3.63, 3.8) is 0 Å². The number of hydrogen-bond acceptors (Lipinski definition) is 3. The molecule has 1 N–H and O–H groups in total. The first-order chi connectivity index (χ1) is 12.8. The predicted octanol–water partition coefficient (Wildman–Crippen LogP) is 4.30. The second kappa shape index (κ2) is 7.81. The molecule has 2 aromatic carbocycles. The van der Waals surface area contributed by atoms with Crippen LogP contribution in [0.4, 0.5) is 5.69 Å². The van der Waals surface area contributed by atoms with Gasteiger partial charge in [0.1, 0.15) is 0 Å². The summed E-state index contributed by atoms with van der Waals surface area (Å²) in [5.41, 5.74) is 4.02. The van der Waals surface area contributed by atoms with Crippen molar-refractivity contribution in [3.05, 3.63) is 65.7 Å². The highest BCUT2D eigenvalue weighted by atomic mass is 16.5. The van der Waals surface area contributed by atoms with Gasteiger partial charge in [0.15, 0.2) is 0 Å². The number of nitrogens with one attached hydrogen (secondary N) is 1. The van der Waals surface area contributed by atoms with Gasteiger partial charge in [0, 0.05) is 31.9 Å². The monoisotopic (exact) mass is 350 g/mol. The molecule has 0 saturated carbocycles. The SMILES string of the molecule is CCOC1(c2ccccc2)CCN(c2ccc(C3CCNC3)cc2)CC1. The molecular formula is C23H30N2O. The number of rotatable bonds is 5. The molecule has 2 aliphatic rings. The first-order valence-electron chi connectivity index (χ1n) is 10.1. The Morgan fingerprint density at radius 1 is 1.04 bits per heavy atom. The van der Waals surface area contributed by atoms with Crippen molar-refractivity contribution in [2.75, 3.05) is 37.7 Å². The van der Waals surface area contributed by atoms with Crippen LogP contribution in [0.25, 0.3) is 0 Å². The molecule has 0 aromatic heterocycles. The Kier molecular flexibility index (Phi) is 5.28. The molecule has 1 atom stereocenters. The van der Waals surface area contributed by atoms with Crippen molar-refractivity contribution in [2.45, 2.75) is 37.7 Å². The van der Waals surface area contributed by atoms with Gasteiger partial charge in [0.2, 0.25) is 0 Å². The maximum Gasteiger partial charge on any atom is 0.0964 e. The average molecular weight is 351 g/mol. The van der Waals surface area contributed by atoms with E-state index in [0.717, 1.165) is 45.6 Å². The third-order valence-corrected chi connectivity index (χ3v) is 6.08. The normalized spacial score (nSPS) is 22.5. The van der Waals surface area contributed by atoms with Crippen molar-refractivity contribution < 1.29 is 4.74 Å². The van der Waals surface area contributed by atoms with Gasteiger partial charge in [-0.2, -0.15) is 0 Å². The van der Waals surface area contributed by atoms with Crippen molar-refractivity contribution in [1.29, 1.82) is 0 Å². The fourth-order valence-corrected chi connectivity index (χ4v) is 4.56. The maximum absolute atomic E-state index is 6.29. The molecule has 0 amide bonds. The zero-order valence-corrected chi connectivity index (χ0v) is 15.8. The second-order valence-electron chi connectivity index (χ2n) is 7.56. The molecule has 2 saturated heterocycles. The minimum absolute atomic E-state index is 0.123. The summed E-state index contributed by atoms with van der Waals surface area (Å²) >= 11 is 0. The van der Waals surface area contributed by atoms with Gasteiger partial charge >= 0.3 is 0 Å². The molecule has 3 nitrogen and oxygen atoms in total. The van der Waals surface area contributed by atoms with Crippen LogP contribution in [-0.2, 0) is 10.3 Å². The number of piperidine rings is 1. The largest absolute Gasteiger partial charge is 0.371 e. The molecule has 0 bridgehead atoms. The summed E-state index contributed by atoms with van der Waals surface area (Å²) in [4.78, 5) is 2.51. The molecule has 0 radical (unpaired) electrons. The Balaban J connectivity index is 1.45. The molecule has 0 spiro atoms. The van der Waals surface area contributed by atoms with E-state index in [4.69, 9.17) is 4.74 Å². The summed E-state index contributed by atoms with van der Waals surface area (Å²) in [5, 5.41) is 3.46. The van der Waals surface area contributed by atoms with Crippen LogP contribution < -0.4 is 10.2 Å². The third kappa shape index (κ3) is 3.51. The van der Waals surface area contributed by atoms with Gasteiger partial charge in [-0.1, -0.05) is 42.5 Å². The summed E-state index contributed by atoms with van der Waals surface area (Å²) in [5.74, 6) is 0.689. The quantitative estimate of drug-likeness (QED) is 0.870. The molecule has 0 aliphatic carbocycles. The minimum atomic E-state index is -0.123. The molecule has 2 aliphatic heterocycles. The molecule has 2 heterocycles. The van der Waals surface area contributed by atoms with Crippen LogP contribution in [-0.4, -0.2) is 32.8 Å². The van der Waals surface area contributed by atoms with Gasteiger partial charge in [-0.15, -0.1) is 0 Å². The molecule has 138 valence electrons. The number of ether oxygens (including phenoxy) is 1. The highest BCUT2D eigenvalue weighted by molar-refractivity contribution is 5.49. The van der Waals surface area contributed by atoms with Crippen molar-refractivity contribution in [3.8, 4) is 0 Å². The van der Waals surface area contributed by atoms with Gasteiger partial charge in [-0.05, 0) is 61.9 Å². The molecule has 2 aromatic rings. The van der Waals surface area contributed by atoms with E-state index in [1.807, 2.05) is 0 Å². The number of hydrogen-bond donors (Lipinski definition) is 1. The average Bonchev–Trinajstić information content (AvgIpc) is 3.25. The predicted molar refractivity (Wildman–Crippen MR) is 108 cm³/mol. The lowest BCUT2D eigenvalue weighted by Crippen LogP contribution is -2.44. The summed E-state index contributed by atoms with van der Waals surface area (Å²) in [6.07, 6.45) is 3.34. The van der Waals surface area contributed by atoms with Gasteiger partial charge in [-0.25, -0.2) is 0 Å². The molecule has 2 fully saturated rings. The Morgan fingerprint density at radius 2 is 1.77 bits per heavy atom. The standard InChI is InChI=1S/C23H30N2O/c1-2-26-23(21-6-4-3-5-7-21)13-16-25(17-14-23)22-10-8-19(9-11-22)20-12-15-24-18-20/h3-11,20,24H,2,12-18H2,1H3.